The summed E-state index contributed by atoms with van der Waals surface area (Å²) in [4.78, 5) is 4.45. The highest BCUT2D eigenvalue weighted by molar-refractivity contribution is 4.73. The Morgan fingerprint density at radius 1 is 0.941 bits per heavy atom. The number of aliphatic hydroxyl groups is 1. The summed E-state index contributed by atoms with van der Waals surface area (Å²) in [6, 6.07) is 0.375. The van der Waals surface area contributed by atoms with Crippen molar-refractivity contribution in [2.75, 3.05) is 59.0 Å². The molecule has 0 heterocycles. The Kier molecular flexibility index (Phi) is 10.7. The Bertz CT molecular complexity index is 158. The first kappa shape index (κ1) is 16.8. The largest absolute Gasteiger partial charge is 0.395 e. The van der Waals surface area contributed by atoms with E-state index in [9.17, 15) is 0 Å². The fraction of sp³-hybridized carbons (Fsp3) is 1.00. The Morgan fingerprint density at radius 3 is 1.88 bits per heavy atom. The molecular formula is C11H29N5O. The van der Waals surface area contributed by atoms with E-state index in [1.807, 2.05) is 0 Å². The number of hydrogen-bond acceptors (Lipinski definition) is 6. The van der Waals surface area contributed by atoms with Gasteiger partial charge in [0, 0.05) is 58.4 Å². The van der Waals surface area contributed by atoms with Gasteiger partial charge in [-0.3, -0.25) is 9.80 Å². The average Bonchev–Trinajstić information content (AvgIpc) is 2.29. The van der Waals surface area contributed by atoms with Gasteiger partial charge in [0.2, 0.25) is 0 Å². The molecule has 6 nitrogen and oxygen atoms in total. The Labute approximate surface area is 105 Å². The first-order valence-electron chi connectivity index (χ1n) is 6.37. The fourth-order valence-electron chi connectivity index (χ4n) is 1.99. The van der Waals surface area contributed by atoms with Crippen LogP contribution >= 0.6 is 0 Å². The molecule has 0 aliphatic heterocycles. The zero-order chi connectivity index (χ0) is 13.1. The zero-order valence-electron chi connectivity index (χ0n) is 11.0. The Hall–Kier alpha value is -0.240. The molecule has 0 aromatic carbocycles. The van der Waals surface area contributed by atoms with Crippen LogP contribution in [-0.4, -0.2) is 79.9 Å². The maximum Gasteiger partial charge on any atom is 0.0558 e. The van der Waals surface area contributed by atoms with Crippen LogP contribution in [0.4, 0.5) is 0 Å². The van der Waals surface area contributed by atoms with Crippen LogP contribution in [0.15, 0.2) is 0 Å². The highest BCUT2D eigenvalue weighted by Gasteiger charge is 2.15. The van der Waals surface area contributed by atoms with E-state index in [1.165, 1.54) is 0 Å². The summed E-state index contributed by atoms with van der Waals surface area (Å²) in [5.41, 5.74) is 16.7. The van der Waals surface area contributed by atoms with Gasteiger partial charge in [-0.15, -0.1) is 0 Å². The summed E-state index contributed by atoms with van der Waals surface area (Å²) in [6.45, 7) is 8.29. The first-order chi connectivity index (χ1) is 8.19. The smallest absolute Gasteiger partial charge is 0.0558 e. The lowest BCUT2D eigenvalue weighted by Gasteiger charge is -2.32. The number of rotatable bonds is 11. The molecule has 104 valence electrons. The maximum absolute atomic E-state index is 8.99. The second kappa shape index (κ2) is 10.9. The molecule has 17 heavy (non-hydrogen) atoms. The summed E-state index contributed by atoms with van der Waals surface area (Å²) in [5.74, 6) is 0. The molecule has 0 aromatic heterocycles. The molecule has 0 saturated carbocycles. The van der Waals surface area contributed by atoms with Crippen molar-refractivity contribution >= 4 is 0 Å². The van der Waals surface area contributed by atoms with Crippen molar-refractivity contribution in [1.82, 2.24) is 9.80 Å². The highest BCUT2D eigenvalue weighted by Crippen LogP contribution is 2.01. The molecule has 0 fully saturated rings. The summed E-state index contributed by atoms with van der Waals surface area (Å²) in [6.07, 6.45) is 0. The minimum absolute atomic E-state index is 0.167. The van der Waals surface area contributed by atoms with Gasteiger partial charge >= 0.3 is 0 Å². The van der Waals surface area contributed by atoms with Gasteiger partial charge in [-0.2, -0.15) is 0 Å². The van der Waals surface area contributed by atoms with Crippen molar-refractivity contribution in [3.05, 3.63) is 0 Å². The van der Waals surface area contributed by atoms with E-state index in [1.54, 1.807) is 0 Å². The van der Waals surface area contributed by atoms with Gasteiger partial charge in [-0.05, 0) is 6.92 Å². The Morgan fingerprint density at radius 2 is 1.47 bits per heavy atom. The lowest BCUT2D eigenvalue weighted by molar-refractivity contribution is 0.136. The number of aliphatic hydroxyl groups excluding tert-OH is 1. The molecule has 0 aliphatic carbocycles. The van der Waals surface area contributed by atoms with Gasteiger partial charge in [0.1, 0.15) is 0 Å². The molecule has 0 aliphatic rings. The van der Waals surface area contributed by atoms with Crippen LogP contribution in [0.5, 0.6) is 0 Å². The van der Waals surface area contributed by atoms with E-state index < -0.39 is 0 Å². The normalized spacial score (nSPS) is 13.6. The Balaban J connectivity index is 4.16. The van der Waals surface area contributed by atoms with E-state index in [4.69, 9.17) is 22.3 Å². The highest BCUT2D eigenvalue weighted by atomic mass is 16.3. The topological polar surface area (TPSA) is 105 Å². The SMILES string of the molecule is CC(CN(CCN)CCO)N(CCN)CCN. The molecule has 0 aromatic rings. The third-order valence-electron chi connectivity index (χ3n) is 2.84. The lowest BCUT2D eigenvalue weighted by Crippen LogP contribution is -2.47. The van der Waals surface area contributed by atoms with E-state index >= 15 is 0 Å². The van der Waals surface area contributed by atoms with Crippen molar-refractivity contribution in [2.24, 2.45) is 17.2 Å². The van der Waals surface area contributed by atoms with Crippen LogP contribution < -0.4 is 17.2 Å². The molecule has 7 N–H and O–H groups in total. The van der Waals surface area contributed by atoms with Gasteiger partial charge < -0.3 is 22.3 Å². The average molecular weight is 247 g/mol. The van der Waals surface area contributed by atoms with Gasteiger partial charge in [-0.1, -0.05) is 0 Å². The van der Waals surface area contributed by atoms with Crippen molar-refractivity contribution < 1.29 is 5.11 Å². The molecule has 0 spiro atoms. The summed E-state index contributed by atoms with van der Waals surface area (Å²) in [5, 5.41) is 8.99. The molecular weight excluding hydrogens is 218 g/mol. The minimum Gasteiger partial charge on any atom is -0.395 e. The summed E-state index contributed by atoms with van der Waals surface area (Å²) >= 11 is 0. The zero-order valence-corrected chi connectivity index (χ0v) is 11.0. The van der Waals surface area contributed by atoms with Crippen LogP contribution in [0.3, 0.4) is 0 Å². The predicted molar refractivity (Wildman–Crippen MR) is 71.7 cm³/mol. The van der Waals surface area contributed by atoms with Crippen molar-refractivity contribution in [2.45, 2.75) is 13.0 Å². The molecule has 0 amide bonds. The van der Waals surface area contributed by atoms with Crippen LogP contribution in [0.25, 0.3) is 0 Å². The third-order valence-corrected chi connectivity index (χ3v) is 2.84. The predicted octanol–water partition coefficient (Wildman–Crippen LogP) is -2.15. The van der Waals surface area contributed by atoms with E-state index in [0.29, 0.717) is 32.2 Å². The van der Waals surface area contributed by atoms with Crippen molar-refractivity contribution in [3.63, 3.8) is 0 Å². The van der Waals surface area contributed by atoms with Crippen LogP contribution in [-0.2, 0) is 0 Å². The van der Waals surface area contributed by atoms with Crippen molar-refractivity contribution in [1.29, 1.82) is 0 Å². The number of nitrogens with zero attached hydrogens (tertiary/aromatic N) is 2. The van der Waals surface area contributed by atoms with E-state index in [2.05, 4.69) is 16.7 Å². The van der Waals surface area contributed by atoms with E-state index in [0.717, 1.165) is 26.2 Å². The monoisotopic (exact) mass is 247 g/mol. The van der Waals surface area contributed by atoms with E-state index in [-0.39, 0.29) is 6.61 Å². The molecule has 1 unspecified atom stereocenters. The van der Waals surface area contributed by atoms with Gasteiger partial charge in [0.25, 0.3) is 0 Å². The van der Waals surface area contributed by atoms with Gasteiger partial charge in [0.15, 0.2) is 0 Å². The second-order valence-electron chi connectivity index (χ2n) is 4.28. The van der Waals surface area contributed by atoms with Crippen molar-refractivity contribution in [3.8, 4) is 0 Å². The van der Waals surface area contributed by atoms with Crippen LogP contribution in [0.2, 0.25) is 0 Å². The van der Waals surface area contributed by atoms with Crippen LogP contribution in [0.1, 0.15) is 6.92 Å². The lowest BCUT2D eigenvalue weighted by atomic mass is 10.2. The molecule has 0 rings (SSSR count). The summed E-state index contributed by atoms with van der Waals surface area (Å²) in [7, 11) is 0. The van der Waals surface area contributed by atoms with Gasteiger partial charge in [0.05, 0.1) is 6.61 Å². The molecule has 0 bridgehead atoms. The quantitative estimate of drug-likeness (QED) is 0.332. The maximum atomic E-state index is 8.99. The molecule has 0 radical (unpaired) electrons. The third kappa shape index (κ3) is 7.64. The molecule has 6 heteroatoms. The number of nitrogens with two attached hydrogens (primary N) is 3. The second-order valence-corrected chi connectivity index (χ2v) is 4.28. The van der Waals surface area contributed by atoms with Gasteiger partial charge in [-0.25, -0.2) is 0 Å². The first-order valence-corrected chi connectivity index (χ1v) is 6.37. The molecule has 1 atom stereocenters. The number of hydrogen-bond donors (Lipinski definition) is 4. The summed E-state index contributed by atoms with van der Waals surface area (Å²) < 4.78 is 0. The van der Waals surface area contributed by atoms with Crippen LogP contribution in [0, 0.1) is 0 Å². The molecule has 0 saturated heterocycles. The fourth-order valence-corrected chi connectivity index (χ4v) is 1.99. The minimum atomic E-state index is 0.167. The standard InChI is InChI=1S/C11H29N5O/c1-11(16(6-3-13)7-4-14)10-15(5-2-12)8-9-17/h11,17H,2-10,12-14H2,1H3.